The minimum absolute atomic E-state index is 0.577. The van der Waals surface area contributed by atoms with Gasteiger partial charge in [0.2, 0.25) is 0 Å². The molecule has 0 N–H and O–H groups in total. The van der Waals surface area contributed by atoms with Crippen LogP contribution in [0.25, 0.3) is 11.1 Å². The van der Waals surface area contributed by atoms with Gasteiger partial charge in [-0.2, -0.15) is 0 Å². The van der Waals surface area contributed by atoms with Gasteiger partial charge in [0.25, 0.3) is 0 Å². The fourth-order valence-corrected chi connectivity index (χ4v) is 9.84. The summed E-state index contributed by atoms with van der Waals surface area (Å²) >= 11 is 0. The van der Waals surface area contributed by atoms with Crippen molar-refractivity contribution >= 4 is 18.6 Å². The van der Waals surface area contributed by atoms with E-state index in [9.17, 15) is 0 Å². The van der Waals surface area contributed by atoms with Crippen molar-refractivity contribution < 1.29 is 0 Å². The quantitative estimate of drug-likeness (QED) is 0.584. The third-order valence-electron chi connectivity index (χ3n) is 5.36. The average Bonchev–Trinajstić information content (AvgIpc) is 2.64. The Morgan fingerprint density at radius 1 is 0.680 bits per heavy atom. The van der Waals surface area contributed by atoms with Gasteiger partial charge in [-0.1, -0.05) is 93.5 Å². The summed E-state index contributed by atoms with van der Waals surface area (Å²) in [6.45, 7) is 9.48. The highest BCUT2D eigenvalue weighted by molar-refractivity contribution is 7.03. The lowest BCUT2D eigenvalue weighted by Crippen LogP contribution is -2.63. The maximum Gasteiger partial charge on any atom is 0.146 e. The minimum atomic E-state index is -1.98. The molecule has 0 bridgehead atoms. The predicted molar refractivity (Wildman–Crippen MR) is 111 cm³/mol. The Kier molecular flexibility index (Phi) is 5.19. The van der Waals surface area contributed by atoms with Crippen molar-refractivity contribution in [2.75, 3.05) is 0 Å². The average molecular weight is 346 g/mol. The van der Waals surface area contributed by atoms with E-state index in [2.05, 4.69) is 94.4 Å². The Balaban J connectivity index is 2.21. The van der Waals surface area contributed by atoms with Gasteiger partial charge in [0.05, 0.1) is 0 Å². The van der Waals surface area contributed by atoms with Crippen LogP contribution in [0.4, 0.5) is 0 Å². The minimum Gasteiger partial charge on any atom is -0.266 e. The summed E-state index contributed by atoms with van der Waals surface area (Å²) in [5.74, 6) is 0. The summed E-state index contributed by atoms with van der Waals surface area (Å²) in [6, 6.07) is 26.2. The molecular weight excluding hydrogens is 318 g/mol. The first kappa shape index (κ1) is 17.6. The Morgan fingerprint density at radius 3 is 1.92 bits per heavy atom. The van der Waals surface area contributed by atoms with Crippen LogP contribution in [0.5, 0.6) is 0 Å². The summed E-state index contributed by atoms with van der Waals surface area (Å²) in [4.78, 5) is 4.83. The van der Waals surface area contributed by atoms with E-state index in [0.717, 1.165) is 0 Å². The van der Waals surface area contributed by atoms with E-state index in [1.165, 1.54) is 21.6 Å². The van der Waals surface area contributed by atoms with Crippen LogP contribution >= 0.6 is 0 Å². The van der Waals surface area contributed by atoms with E-state index in [-0.39, 0.29) is 0 Å². The first-order valence-corrected chi connectivity index (χ1v) is 11.3. The van der Waals surface area contributed by atoms with Gasteiger partial charge < -0.3 is 0 Å². The maximum atomic E-state index is 4.83. The third-order valence-corrected chi connectivity index (χ3v) is 11.4. The standard InChI is InChI=1S/C23H27NSi/c1-18(2)25(19(3)4,23-15-8-9-16-24-23)22-14-10-13-21(17-22)20-11-6-5-7-12-20/h5-19H,1-4H3. The van der Waals surface area contributed by atoms with Crippen LogP contribution < -0.4 is 10.5 Å². The zero-order valence-electron chi connectivity index (χ0n) is 15.6. The van der Waals surface area contributed by atoms with Crippen molar-refractivity contribution in [3.05, 3.63) is 79.0 Å². The number of nitrogens with zero attached hydrogens (tertiary/aromatic N) is 1. The summed E-state index contributed by atoms with van der Waals surface area (Å²) in [5, 5.41) is 2.78. The zero-order chi connectivity index (χ0) is 17.9. The van der Waals surface area contributed by atoms with Gasteiger partial charge in [-0.05, 0) is 34.3 Å². The number of benzene rings is 2. The second-order valence-electron chi connectivity index (χ2n) is 7.34. The molecule has 2 aromatic carbocycles. The number of pyridine rings is 1. The lowest BCUT2D eigenvalue weighted by molar-refractivity contribution is 0.923. The van der Waals surface area contributed by atoms with Crippen LogP contribution in [-0.2, 0) is 0 Å². The molecule has 0 radical (unpaired) electrons. The molecule has 0 amide bonds. The van der Waals surface area contributed by atoms with Gasteiger partial charge in [0.1, 0.15) is 8.07 Å². The SMILES string of the molecule is CC(C)[Si](c1cccc(-c2ccccc2)c1)(c1ccccn1)C(C)C. The Labute approximate surface area is 152 Å². The molecule has 0 atom stereocenters. The lowest BCUT2D eigenvalue weighted by Gasteiger charge is -2.39. The van der Waals surface area contributed by atoms with Gasteiger partial charge in [-0.15, -0.1) is 0 Å². The second kappa shape index (κ2) is 7.36. The van der Waals surface area contributed by atoms with Crippen LogP contribution in [0.15, 0.2) is 79.0 Å². The molecular formula is C23H27NSi. The van der Waals surface area contributed by atoms with Crippen molar-refractivity contribution in [1.29, 1.82) is 0 Å². The maximum absolute atomic E-state index is 4.83. The van der Waals surface area contributed by atoms with E-state index >= 15 is 0 Å². The molecule has 2 heteroatoms. The Hall–Kier alpha value is -2.19. The normalized spacial score (nSPS) is 11.9. The van der Waals surface area contributed by atoms with Crippen molar-refractivity contribution in [3.63, 3.8) is 0 Å². The molecule has 1 aromatic heterocycles. The van der Waals surface area contributed by atoms with E-state index in [0.29, 0.717) is 11.1 Å². The van der Waals surface area contributed by atoms with Gasteiger partial charge >= 0.3 is 0 Å². The molecule has 0 unspecified atom stereocenters. The molecule has 1 nitrogen and oxygen atoms in total. The molecule has 3 aromatic rings. The van der Waals surface area contributed by atoms with E-state index in [4.69, 9.17) is 4.98 Å². The van der Waals surface area contributed by atoms with Crippen molar-refractivity contribution in [3.8, 4) is 11.1 Å². The van der Waals surface area contributed by atoms with Crippen LogP contribution in [-0.4, -0.2) is 13.1 Å². The molecule has 0 aliphatic rings. The van der Waals surface area contributed by atoms with Crippen molar-refractivity contribution in [1.82, 2.24) is 4.98 Å². The van der Waals surface area contributed by atoms with E-state index < -0.39 is 8.07 Å². The van der Waals surface area contributed by atoms with E-state index in [1.807, 2.05) is 12.3 Å². The van der Waals surface area contributed by atoms with Crippen LogP contribution in [0.3, 0.4) is 0 Å². The van der Waals surface area contributed by atoms with Crippen LogP contribution in [0.1, 0.15) is 27.7 Å². The zero-order valence-corrected chi connectivity index (χ0v) is 16.6. The molecule has 0 aliphatic heterocycles. The van der Waals surface area contributed by atoms with Crippen LogP contribution in [0.2, 0.25) is 11.1 Å². The highest BCUT2D eigenvalue weighted by atomic mass is 28.3. The summed E-state index contributed by atoms with van der Waals surface area (Å²) in [6.07, 6.45) is 1.95. The number of rotatable bonds is 5. The fraction of sp³-hybridized carbons (Fsp3) is 0.261. The monoisotopic (exact) mass is 345 g/mol. The first-order chi connectivity index (χ1) is 12.1. The number of hydrogen-bond donors (Lipinski definition) is 0. The molecule has 0 saturated carbocycles. The number of hydrogen-bond acceptors (Lipinski definition) is 1. The smallest absolute Gasteiger partial charge is 0.146 e. The molecule has 1 heterocycles. The molecule has 128 valence electrons. The Bertz CT molecular complexity index is 802. The molecule has 0 fully saturated rings. The Morgan fingerprint density at radius 2 is 1.32 bits per heavy atom. The highest BCUT2D eigenvalue weighted by Crippen LogP contribution is 2.32. The fourth-order valence-electron chi connectivity index (χ4n) is 4.27. The summed E-state index contributed by atoms with van der Waals surface area (Å²) in [5.41, 5.74) is 3.73. The lowest BCUT2D eigenvalue weighted by atomic mass is 10.1. The van der Waals surface area contributed by atoms with Gasteiger partial charge in [0, 0.05) is 11.5 Å². The molecule has 3 rings (SSSR count). The summed E-state index contributed by atoms with van der Waals surface area (Å²) in [7, 11) is -1.98. The molecule has 25 heavy (non-hydrogen) atoms. The number of aromatic nitrogens is 1. The third kappa shape index (κ3) is 3.19. The topological polar surface area (TPSA) is 12.9 Å². The second-order valence-corrected chi connectivity index (χ2v) is 12.5. The first-order valence-electron chi connectivity index (χ1n) is 9.14. The van der Waals surface area contributed by atoms with Gasteiger partial charge in [-0.3, -0.25) is 4.98 Å². The van der Waals surface area contributed by atoms with Crippen molar-refractivity contribution in [2.24, 2.45) is 0 Å². The predicted octanol–water partition coefficient (Wildman–Crippen LogP) is 5.13. The van der Waals surface area contributed by atoms with E-state index in [1.54, 1.807) is 0 Å². The van der Waals surface area contributed by atoms with Crippen LogP contribution in [0, 0.1) is 0 Å². The summed E-state index contributed by atoms with van der Waals surface area (Å²) < 4.78 is 0. The molecule has 0 aliphatic carbocycles. The van der Waals surface area contributed by atoms with Gasteiger partial charge in [0.15, 0.2) is 0 Å². The molecule has 0 spiro atoms. The highest BCUT2D eigenvalue weighted by Gasteiger charge is 2.44. The van der Waals surface area contributed by atoms with Crippen molar-refractivity contribution in [2.45, 2.75) is 38.8 Å². The molecule has 0 saturated heterocycles. The van der Waals surface area contributed by atoms with Gasteiger partial charge in [-0.25, -0.2) is 0 Å². The largest absolute Gasteiger partial charge is 0.266 e.